The predicted octanol–water partition coefficient (Wildman–Crippen LogP) is 9.53. The summed E-state index contributed by atoms with van der Waals surface area (Å²) in [6.45, 7) is 1.95. The van der Waals surface area contributed by atoms with Gasteiger partial charge in [0.25, 0.3) is 0 Å². The van der Waals surface area contributed by atoms with E-state index in [9.17, 15) is 48.6 Å². The van der Waals surface area contributed by atoms with Crippen LogP contribution < -0.4 is 11.4 Å². The fourth-order valence-corrected chi connectivity index (χ4v) is 9.59. The fraction of sp³-hybridized carbons (Fsp3) is 0.720. The predicted molar refractivity (Wildman–Crippen MR) is 272 cm³/mol. The number of hydrogen-bond donors (Lipinski definition) is 6. The SMILES string of the molecule is CCCCC/C=C\C/C=C\C/C=C\C=C\[C@H](O)CCCC(=O)O[C@H](COC(=O)CCCCCCCCCCCCCCCCC)COP(=O)(O)OP(=O)(O)OC[C@H]1O[C@@H](n2ccc(N)nc2=O)[C@H](O)[C@@H]1O. The van der Waals surface area contributed by atoms with Gasteiger partial charge in [0, 0.05) is 19.0 Å². The quantitative estimate of drug-likeness (QED) is 0.0117. The summed E-state index contributed by atoms with van der Waals surface area (Å²) < 4.78 is 56.6. The second-order valence-electron chi connectivity index (χ2n) is 17.9. The number of anilines is 1. The van der Waals surface area contributed by atoms with Crippen molar-refractivity contribution in [2.24, 2.45) is 0 Å². The summed E-state index contributed by atoms with van der Waals surface area (Å²) in [7, 11) is -10.9. The van der Waals surface area contributed by atoms with Gasteiger partial charge in [-0.25, -0.2) is 13.9 Å². The molecule has 19 nitrogen and oxygen atoms in total. The lowest BCUT2D eigenvalue weighted by Crippen LogP contribution is -2.36. The summed E-state index contributed by atoms with van der Waals surface area (Å²) >= 11 is 0. The maximum Gasteiger partial charge on any atom is 0.481 e. The minimum atomic E-state index is -5.47. The molecular weight excluding hydrogens is 961 g/mol. The van der Waals surface area contributed by atoms with Crippen molar-refractivity contribution in [3.8, 4) is 0 Å². The molecule has 0 radical (unpaired) electrons. The Balaban J connectivity index is 1.85. The number of aromatic nitrogens is 2. The molecule has 0 spiro atoms. The zero-order valence-electron chi connectivity index (χ0n) is 42.1. The number of nitrogens with two attached hydrogens (primary N) is 1. The minimum absolute atomic E-state index is 0.0886. The van der Waals surface area contributed by atoms with Crippen LogP contribution in [0.1, 0.15) is 181 Å². The molecule has 1 aliphatic rings. The van der Waals surface area contributed by atoms with E-state index in [1.165, 1.54) is 89.5 Å². The van der Waals surface area contributed by atoms with Crippen molar-refractivity contribution < 1.29 is 71.4 Å². The number of hydrogen-bond acceptors (Lipinski definition) is 16. The van der Waals surface area contributed by atoms with Gasteiger partial charge in [-0.1, -0.05) is 165 Å². The standard InChI is InChI=1S/C50H85N3O16P2/c1-3-5-7-9-11-13-15-17-18-20-22-24-26-28-30-34-45(55)64-38-42(67-46(56)35-31-33-41(54)32-29-27-25-23-21-19-16-14-12-10-8-6-4-2)39-65-70(60,61)69-71(62,63)66-40-43-47(57)48(58)49(68-43)53-37-36-44(51)52-50(53)59/h12,14,19,21,25,27,29,32,36-37,41-43,47-49,54,57-58H,3-11,13,15-18,20,22-24,26,28,30-31,33-35,38-40H2,1-2H3,(H,60,61)(H,62,63)(H2,51,52,59)/b14-12-,21-19-,27-25-,32-29+/t41-,42+,43+,47+,48+,49+/m0/s1. The summed E-state index contributed by atoms with van der Waals surface area (Å²) in [5.41, 5.74) is 4.57. The largest absolute Gasteiger partial charge is 0.481 e. The number of carbonyl (C=O) groups excluding carboxylic acids is 2. The number of esters is 2. The second kappa shape index (κ2) is 38.3. The van der Waals surface area contributed by atoms with Crippen LogP contribution in [-0.2, 0) is 46.3 Å². The molecule has 1 aliphatic heterocycles. The zero-order chi connectivity index (χ0) is 52.2. The first kappa shape index (κ1) is 63.8. The van der Waals surface area contributed by atoms with Crippen LogP contribution in [0.15, 0.2) is 65.7 Å². The Morgan fingerprint density at radius 3 is 1.94 bits per heavy atom. The van der Waals surface area contributed by atoms with Crippen LogP contribution in [0.3, 0.4) is 0 Å². The van der Waals surface area contributed by atoms with Gasteiger partial charge < -0.3 is 45.1 Å². The van der Waals surface area contributed by atoms with E-state index in [1.807, 2.05) is 12.2 Å². The average Bonchev–Trinajstić information content (AvgIpc) is 3.60. The van der Waals surface area contributed by atoms with Gasteiger partial charge in [0.1, 0.15) is 30.7 Å². The molecule has 2 heterocycles. The van der Waals surface area contributed by atoms with Crippen LogP contribution in [0.25, 0.3) is 0 Å². The lowest BCUT2D eigenvalue weighted by molar-refractivity contribution is -0.161. The summed E-state index contributed by atoms with van der Waals surface area (Å²) in [6.07, 6.45) is 32.1. The Labute approximate surface area is 421 Å². The second-order valence-corrected chi connectivity index (χ2v) is 20.9. The van der Waals surface area contributed by atoms with Gasteiger partial charge >= 0.3 is 33.3 Å². The van der Waals surface area contributed by atoms with Crippen molar-refractivity contribution in [3.63, 3.8) is 0 Å². The highest BCUT2D eigenvalue weighted by atomic mass is 31.3. The topological polar surface area (TPSA) is 286 Å². The lowest BCUT2D eigenvalue weighted by atomic mass is 10.0. The van der Waals surface area contributed by atoms with Gasteiger partial charge in [-0.2, -0.15) is 9.29 Å². The molecule has 71 heavy (non-hydrogen) atoms. The molecule has 2 unspecified atom stereocenters. The Bertz CT molecular complexity index is 1890. The number of nitrogen functional groups attached to an aromatic ring is 1. The summed E-state index contributed by atoms with van der Waals surface area (Å²) in [5, 5.41) is 31.3. The molecule has 0 bridgehead atoms. The number of phosphoric acid groups is 2. The van der Waals surface area contributed by atoms with Crippen LogP contribution >= 0.6 is 15.6 Å². The highest BCUT2D eigenvalue weighted by Gasteiger charge is 2.46. The molecule has 7 N–H and O–H groups in total. The van der Waals surface area contributed by atoms with Crippen molar-refractivity contribution >= 4 is 33.4 Å². The lowest BCUT2D eigenvalue weighted by Gasteiger charge is -2.21. The van der Waals surface area contributed by atoms with E-state index >= 15 is 0 Å². The molecule has 21 heteroatoms. The van der Waals surface area contributed by atoms with E-state index in [-0.39, 0.29) is 31.5 Å². The van der Waals surface area contributed by atoms with Gasteiger partial charge in [0.2, 0.25) is 0 Å². The summed E-state index contributed by atoms with van der Waals surface area (Å²) in [5.74, 6) is -1.50. The molecule has 1 fully saturated rings. The molecule has 0 aromatic carbocycles. The van der Waals surface area contributed by atoms with Crippen LogP contribution in [0, 0.1) is 0 Å². The Kier molecular flexibility index (Phi) is 34.4. The molecule has 0 aliphatic carbocycles. The fourth-order valence-electron chi connectivity index (χ4n) is 7.48. The van der Waals surface area contributed by atoms with Crippen molar-refractivity contribution in [3.05, 3.63) is 71.4 Å². The highest BCUT2D eigenvalue weighted by Crippen LogP contribution is 2.60. The van der Waals surface area contributed by atoms with E-state index in [1.54, 1.807) is 12.2 Å². The number of phosphoric ester groups is 2. The molecule has 1 aromatic heterocycles. The average molecular weight is 1050 g/mol. The molecular formula is C50H85N3O16P2. The number of rotatable bonds is 42. The van der Waals surface area contributed by atoms with Crippen molar-refractivity contribution in [2.45, 2.75) is 211 Å². The van der Waals surface area contributed by atoms with Gasteiger partial charge in [0.15, 0.2) is 12.3 Å². The van der Waals surface area contributed by atoms with Crippen LogP contribution in [-0.4, -0.2) is 96.9 Å². The molecule has 8 atom stereocenters. The van der Waals surface area contributed by atoms with Crippen LogP contribution in [0.4, 0.5) is 5.82 Å². The Morgan fingerprint density at radius 2 is 1.31 bits per heavy atom. The molecule has 0 amide bonds. The van der Waals surface area contributed by atoms with Crippen LogP contribution in [0.5, 0.6) is 0 Å². The first-order chi connectivity index (χ1) is 34.1. The third-order valence-electron chi connectivity index (χ3n) is 11.5. The Morgan fingerprint density at radius 1 is 0.746 bits per heavy atom. The maximum atomic E-state index is 12.9. The number of carbonyl (C=O) groups is 2. The number of nitrogens with zero attached hydrogens (tertiary/aromatic N) is 2. The van der Waals surface area contributed by atoms with Crippen LogP contribution in [0.2, 0.25) is 0 Å². The number of aliphatic hydroxyl groups is 3. The molecule has 1 aromatic rings. The number of allylic oxidation sites excluding steroid dienone is 7. The monoisotopic (exact) mass is 1050 g/mol. The van der Waals surface area contributed by atoms with E-state index in [4.69, 9.17) is 29.0 Å². The smallest absolute Gasteiger partial charge is 0.462 e. The highest BCUT2D eigenvalue weighted by molar-refractivity contribution is 7.61. The summed E-state index contributed by atoms with van der Waals surface area (Å²) in [6, 6.07) is 1.24. The molecule has 406 valence electrons. The maximum absolute atomic E-state index is 12.9. The molecule has 1 saturated heterocycles. The molecule has 0 saturated carbocycles. The van der Waals surface area contributed by atoms with E-state index in [0.29, 0.717) is 6.42 Å². The van der Waals surface area contributed by atoms with E-state index in [0.717, 1.165) is 55.7 Å². The normalized spacial score (nSPS) is 20.0. The van der Waals surface area contributed by atoms with Gasteiger partial charge in [-0.15, -0.1) is 0 Å². The summed E-state index contributed by atoms with van der Waals surface area (Å²) in [4.78, 5) is 61.9. The Hall–Kier alpha value is -3.32. The van der Waals surface area contributed by atoms with Gasteiger partial charge in [-0.3, -0.25) is 23.2 Å². The van der Waals surface area contributed by atoms with E-state index in [2.05, 4.69) is 47.4 Å². The number of aliphatic hydroxyl groups excluding tert-OH is 3. The van der Waals surface area contributed by atoms with E-state index < -0.39 is 89.8 Å². The first-order valence-corrected chi connectivity index (χ1v) is 28.7. The number of ether oxygens (including phenoxy) is 3. The van der Waals surface area contributed by atoms with Crippen molar-refractivity contribution in [2.75, 3.05) is 25.6 Å². The minimum Gasteiger partial charge on any atom is -0.462 e. The van der Waals surface area contributed by atoms with Crippen molar-refractivity contribution in [1.29, 1.82) is 0 Å². The zero-order valence-corrected chi connectivity index (χ0v) is 43.9. The van der Waals surface area contributed by atoms with Crippen molar-refractivity contribution in [1.82, 2.24) is 9.55 Å². The number of unbranched alkanes of at least 4 members (excludes halogenated alkanes) is 17. The third-order valence-corrected chi connectivity index (χ3v) is 14.1. The third kappa shape index (κ3) is 31.1. The first-order valence-electron chi connectivity index (χ1n) is 25.8. The van der Waals surface area contributed by atoms with Gasteiger partial charge in [-0.05, 0) is 51.0 Å². The van der Waals surface area contributed by atoms with Gasteiger partial charge in [0.05, 0.1) is 19.3 Å². The molecule has 2 rings (SSSR count).